The first kappa shape index (κ1) is 11.9. The van der Waals surface area contributed by atoms with Crippen molar-refractivity contribution in [2.45, 2.75) is 6.42 Å². The Bertz CT molecular complexity index is 662. The predicted octanol–water partition coefficient (Wildman–Crippen LogP) is 3.50. The highest BCUT2D eigenvalue weighted by atomic mass is 32.1. The summed E-state index contributed by atoms with van der Waals surface area (Å²) in [5, 5.41) is 10.2. The van der Waals surface area contributed by atoms with Gasteiger partial charge >= 0.3 is 0 Å². The molecule has 1 aromatic heterocycles. The van der Waals surface area contributed by atoms with Gasteiger partial charge in [0.2, 0.25) is 0 Å². The highest BCUT2D eigenvalue weighted by Crippen LogP contribution is 2.22. The predicted molar refractivity (Wildman–Crippen MR) is 76.3 cm³/mol. The van der Waals surface area contributed by atoms with Crippen molar-refractivity contribution in [1.29, 1.82) is 0 Å². The summed E-state index contributed by atoms with van der Waals surface area (Å²) in [5.41, 5.74) is 2.19. The maximum absolute atomic E-state index is 9.25. The van der Waals surface area contributed by atoms with Crippen LogP contribution in [0.5, 0.6) is 5.75 Å². The highest BCUT2D eigenvalue weighted by molar-refractivity contribution is 7.09. The van der Waals surface area contributed by atoms with E-state index in [4.69, 9.17) is 0 Å². The molecule has 1 heterocycles. The molecule has 19 heavy (non-hydrogen) atoms. The van der Waals surface area contributed by atoms with E-state index in [1.54, 1.807) is 12.1 Å². The summed E-state index contributed by atoms with van der Waals surface area (Å²) in [7, 11) is 0. The van der Waals surface area contributed by atoms with Crippen molar-refractivity contribution in [3.63, 3.8) is 0 Å². The number of phenols is 1. The first-order chi connectivity index (χ1) is 9.31. The molecule has 0 radical (unpaired) electrons. The average molecular weight is 268 g/mol. The van der Waals surface area contributed by atoms with Gasteiger partial charge in [0.1, 0.15) is 16.6 Å². The van der Waals surface area contributed by atoms with Crippen LogP contribution in [0.3, 0.4) is 0 Å². The standard InChI is InChI=1S/C15H12N2OS/c18-13-8-6-11(7-9-13)10-14-16-15(19-17-14)12-4-2-1-3-5-12/h1-9,18H,10H2. The Hall–Kier alpha value is -2.20. The third kappa shape index (κ3) is 2.80. The number of rotatable bonds is 3. The van der Waals surface area contributed by atoms with Gasteiger partial charge in [-0.1, -0.05) is 42.5 Å². The summed E-state index contributed by atoms with van der Waals surface area (Å²) in [5.74, 6) is 1.09. The summed E-state index contributed by atoms with van der Waals surface area (Å²) in [6.07, 6.45) is 0.684. The van der Waals surface area contributed by atoms with Gasteiger partial charge in [0.25, 0.3) is 0 Å². The number of hydrogen-bond donors (Lipinski definition) is 1. The minimum atomic E-state index is 0.278. The van der Waals surface area contributed by atoms with Crippen LogP contribution in [0.4, 0.5) is 0 Å². The van der Waals surface area contributed by atoms with Crippen molar-refractivity contribution in [3.8, 4) is 16.3 Å². The Morgan fingerprint density at radius 1 is 0.947 bits per heavy atom. The van der Waals surface area contributed by atoms with E-state index in [1.807, 2.05) is 42.5 Å². The summed E-state index contributed by atoms with van der Waals surface area (Å²) in [4.78, 5) is 4.54. The van der Waals surface area contributed by atoms with Crippen molar-refractivity contribution in [3.05, 3.63) is 66.0 Å². The Balaban J connectivity index is 1.80. The molecule has 0 fully saturated rings. The third-order valence-corrected chi connectivity index (χ3v) is 3.59. The Labute approximate surface area is 115 Å². The molecule has 0 atom stereocenters. The van der Waals surface area contributed by atoms with Crippen molar-refractivity contribution in [2.75, 3.05) is 0 Å². The number of nitrogens with zero attached hydrogens (tertiary/aromatic N) is 2. The third-order valence-electron chi connectivity index (χ3n) is 2.79. The second-order valence-electron chi connectivity index (χ2n) is 4.23. The molecule has 0 unspecified atom stereocenters. The van der Waals surface area contributed by atoms with Gasteiger partial charge in [-0.3, -0.25) is 0 Å². The Morgan fingerprint density at radius 2 is 1.68 bits per heavy atom. The van der Waals surface area contributed by atoms with E-state index in [9.17, 15) is 5.11 Å². The van der Waals surface area contributed by atoms with Gasteiger partial charge in [-0.05, 0) is 29.2 Å². The molecule has 0 aliphatic carbocycles. The Morgan fingerprint density at radius 3 is 2.42 bits per heavy atom. The second-order valence-corrected chi connectivity index (χ2v) is 4.98. The average Bonchev–Trinajstić information content (AvgIpc) is 2.91. The molecule has 4 heteroatoms. The molecule has 94 valence electrons. The first-order valence-corrected chi connectivity index (χ1v) is 6.74. The molecule has 0 saturated heterocycles. The van der Waals surface area contributed by atoms with E-state index in [0.29, 0.717) is 6.42 Å². The molecule has 0 spiro atoms. The maximum Gasteiger partial charge on any atom is 0.147 e. The lowest BCUT2D eigenvalue weighted by atomic mass is 10.1. The van der Waals surface area contributed by atoms with Crippen LogP contribution < -0.4 is 0 Å². The first-order valence-electron chi connectivity index (χ1n) is 5.97. The SMILES string of the molecule is Oc1ccc(Cc2nsc(-c3ccccc3)n2)cc1. The van der Waals surface area contributed by atoms with Crippen molar-refractivity contribution in [2.24, 2.45) is 0 Å². The molecule has 1 N–H and O–H groups in total. The van der Waals surface area contributed by atoms with Gasteiger partial charge in [-0.2, -0.15) is 4.37 Å². The molecule has 0 saturated carbocycles. The zero-order chi connectivity index (χ0) is 13.1. The summed E-state index contributed by atoms with van der Waals surface area (Å²) >= 11 is 1.41. The normalized spacial score (nSPS) is 10.5. The van der Waals surface area contributed by atoms with Gasteiger partial charge in [0, 0.05) is 12.0 Å². The lowest BCUT2D eigenvalue weighted by Crippen LogP contribution is -1.90. The summed E-state index contributed by atoms with van der Waals surface area (Å²) in [6.45, 7) is 0. The van der Waals surface area contributed by atoms with E-state index in [2.05, 4.69) is 9.36 Å². The molecular weight excluding hydrogens is 256 g/mol. The fraction of sp³-hybridized carbons (Fsp3) is 0.0667. The van der Waals surface area contributed by atoms with Gasteiger partial charge in [-0.25, -0.2) is 4.98 Å². The van der Waals surface area contributed by atoms with Crippen molar-refractivity contribution in [1.82, 2.24) is 9.36 Å². The van der Waals surface area contributed by atoms with Crippen molar-refractivity contribution < 1.29 is 5.11 Å². The monoisotopic (exact) mass is 268 g/mol. The largest absolute Gasteiger partial charge is 0.508 e. The van der Waals surface area contributed by atoms with Gasteiger partial charge in [-0.15, -0.1) is 0 Å². The molecule has 0 aliphatic heterocycles. The second kappa shape index (κ2) is 5.20. The van der Waals surface area contributed by atoms with Crippen LogP contribution in [0.25, 0.3) is 10.6 Å². The lowest BCUT2D eigenvalue weighted by molar-refractivity contribution is 0.475. The number of benzene rings is 2. The molecule has 3 aromatic rings. The molecule has 0 bridgehead atoms. The number of hydrogen-bond acceptors (Lipinski definition) is 4. The van der Waals surface area contributed by atoms with Gasteiger partial charge in [0.05, 0.1) is 0 Å². The fourth-order valence-corrected chi connectivity index (χ4v) is 2.51. The Kier molecular flexibility index (Phi) is 3.25. The topological polar surface area (TPSA) is 46.0 Å². The van der Waals surface area contributed by atoms with E-state index in [0.717, 1.165) is 22.0 Å². The molecule has 2 aromatic carbocycles. The maximum atomic E-state index is 9.25. The summed E-state index contributed by atoms with van der Waals surface area (Å²) in [6, 6.07) is 17.2. The number of aromatic nitrogens is 2. The van der Waals surface area contributed by atoms with E-state index < -0.39 is 0 Å². The minimum absolute atomic E-state index is 0.278. The minimum Gasteiger partial charge on any atom is -0.508 e. The van der Waals surface area contributed by atoms with Crippen LogP contribution in [0.15, 0.2) is 54.6 Å². The zero-order valence-corrected chi connectivity index (χ0v) is 11.0. The molecule has 0 aliphatic rings. The fourth-order valence-electron chi connectivity index (χ4n) is 1.82. The zero-order valence-electron chi connectivity index (χ0n) is 10.2. The number of aromatic hydroxyl groups is 1. The molecule has 3 rings (SSSR count). The highest BCUT2D eigenvalue weighted by Gasteiger charge is 2.06. The van der Waals surface area contributed by atoms with Crippen LogP contribution in [0.2, 0.25) is 0 Å². The molecule has 3 nitrogen and oxygen atoms in total. The van der Waals surface area contributed by atoms with Crippen LogP contribution in [0.1, 0.15) is 11.4 Å². The smallest absolute Gasteiger partial charge is 0.147 e. The van der Waals surface area contributed by atoms with Crippen LogP contribution in [0, 0.1) is 0 Å². The van der Waals surface area contributed by atoms with Crippen LogP contribution >= 0.6 is 11.5 Å². The van der Waals surface area contributed by atoms with Gasteiger partial charge in [0.15, 0.2) is 0 Å². The van der Waals surface area contributed by atoms with E-state index >= 15 is 0 Å². The van der Waals surface area contributed by atoms with Crippen LogP contribution in [-0.4, -0.2) is 14.5 Å². The van der Waals surface area contributed by atoms with E-state index in [-0.39, 0.29) is 5.75 Å². The van der Waals surface area contributed by atoms with Gasteiger partial charge < -0.3 is 5.11 Å². The molecular formula is C15H12N2OS. The summed E-state index contributed by atoms with van der Waals surface area (Å²) < 4.78 is 4.38. The van der Waals surface area contributed by atoms with Crippen LogP contribution in [-0.2, 0) is 6.42 Å². The van der Waals surface area contributed by atoms with Crippen molar-refractivity contribution >= 4 is 11.5 Å². The molecule has 0 amide bonds. The lowest BCUT2D eigenvalue weighted by Gasteiger charge is -1.97. The van der Waals surface area contributed by atoms with E-state index in [1.165, 1.54) is 11.5 Å². The number of phenolic OH excluding ortho intramolecular Hbond substituents is 1. The quantitative estimate of drug-likeness (QED) is 0.790.